The Hall–Kier alpha value is -3.27. The van der Waals surface area contributed by atoms with Crippen LogP contribution in [0, 0.1) is 0 Å². The molecule has 1 spiro atoms. The predicted molar refractivity (Wildman–Crippen MR) is 112 cm³/mol. The normalized spacial score (nSPS) is 21.0. The molecular formula is C21H21N5O4S. The van der Waals surface area contributed by atoms with Gasteiger partial charge in [-0.3, -0.25) is 4.98 Å². The van der Waals surface area contributed by atoms with Crippen molar-refractivity contribution in [1.82, 2.24) is 25.3 Å². The van der Waals surface area contributed by atoms with Crippen molar-refractivity contribution < 1.29 is 17.7 Å². The Kier molecular flexibility index (Phi) is 4.73. The van der Waals surface area contributed by atoms with E-state index in [4.69, 9.17) is 4.52 Å². The number of carbonyl (C=O) groups excluding carboxylic acids is 1. The van der Waals surface area contributed by atoms with Crippen LogP contribution in [0.15, 0.2) is 59.4 Å². The van der Waals surface area contributed by atoms with Crippen molar-refractivity contribution >= 4 is 15.9 Å². The first-order valence-corrected chi connectivity index (χ1v) is 11.7. The monoisotopic (exact) mass is 439 g/mol. The highest BCUT2D eigenvalue weighted by atomic mass is 32.2. The first-order chi connectivity index (χ1) is 15.0. The van der Waals surface area contributed by atoms with Crippen molar-refractivity contribution in [3.63, 3.8) is 0 Å². The van der Waals surface area contributed by atoms with E-state index in [0.29, 0.717) is 24.7 Å². The lowest BCUT2D eigenvalue weighted by Crippen LogP contribution is -2.69. The lowest BCUT2D eigenvalue weighted by molar-refractivity contribution is 0.116. The Balaban J connectivity index is 1.31. The molecule has 4 heterocycles. The largest absolute Gasteiger partial charge is 0.339 e. The van der Waals surface area contributed by atoms with E-state index in [9.17, 15) is 13.2 Å². The van der Waals surface area contributed by atoms with Crippen LogP contribution in [0.2, 0.25) is 0 Å². The Morgan fingerprint density at radius 3 is 2.65 bits per heavy atom. The van der Waals surface area contributed by atoms with E-state index in [1.54, 1.807) is 24.5 Å². The highest BCUT2D eigenvalue weighted by Gasteiger charge is 2.64. The summed E-state index contributed by atoms with van der Waals surface area (Å²) in [6.07, 6.45) is 3.66. The molecule has 0 bridgehead atoms. The summed E-state index contributed by atoms with van der Waals surface area (Å²) in [5.41, 5.74) is 1.72. The van der Waals surface area contributed by atoms with E-state index < -0.39 is 20.5 Å². The molecule has 1 N–H and O–H groups in total. The van der Waals surface area contributed by atoms with Crippen LogP contribution in [0.4, 0.5) is 4.79 Å². The number of urea groups is 1. The number of hydrogen-bond acceptors (Lipinski definition) is 7. The van der Waals surface area contributed by atoms with E-state index in [-0.39, 0.29) is 24.9 Å². The lowest BCUT2D eigenvalue weighted by Gasteiger charge is -2.48. The van der Waals surface area contributed by atoms with Gasteiger partial charge < -0.3 is 14.7 Å². The number of sulfone groups is 1. The number of likely N-dealkylation sites (tertiary alicyclic amines) is 1. The molecule has 160 valence electrons. The van der Waals surface area contributed by atoms with Gasteiger partial charge in [0.1, 0.15) is 4.75 Å². The van der Waals surface area contributed by atoms with Crippen molar-refractivity contribution in [2.75, 3.05) is 18.8 Å². The van der Waals surface area contributed by atoms with Crippen LogP contribution in [0.25, 0.3) is 11.4 Å². The molecule has 0 saturated carbocycles. The average Bonchev–Trinajstić information content (AvgIpc) is 3.34. The zero-order valence-electron chi connectivity index (χ0n) is 16.6. The number of benzene rings is 1. The van der Waals surface area contributed by atoms with Crippen LogP contribution in [0.1, 0.15) is 23.8 Å². The maximum absolute atomic E-state index is 12.9. The second kappa shape index (κ2) is 7.45. The van der Waals surface area contributed by atoms with Gasteiger partial charge in [0.25, 0.3) is 0 Å². The van der Waals surface area contributed by atoms with Gasteiger partial charge in [0.2, 0.25) is 11.7 Å². The van der Waals surface area contributed by atoms with Crippen LogP contribution >= 0.6 is 0 Å². The zero-order valence-corrected chi connectivity index (χ0v) is 17.5. The Bertz CT molecular complexity index is 1190. The topological polar surface area (TPSA) is 118 Å². The summed E-state index contributed by atoms with van der Waals surface area (Å²) in [6.45, 7) is 0.624. The minimum atomic E-state index is -3.40. The second-order valence-corrected chi connectivity index (χ2v) is 10.4. The number of amides is 2. The minimum Gasteiger partial charge on any atom is -0.339 e. The molecule has 1 aromatic carbocycles. The molecule has 31 heavy (non-hydrogen) atoms. The van der Waals surface area contributed by atoms with Gasteiger partial charge in [-0.05, 0) is 24.1 Å². The number of carbonyl (C=O) groups is 1. The third-order valence-corrected chi connectivity index (χ3v) is 8.65. The van der Waals surface area contributed by atoms with E-state index in [0.717, 1.165) is 11.1 Å². The minimum absolute atomic E-state index is 0.0457. The fraction of sp³-hybridized carbons (Fsp3) is 0.333. The van der Waals surface area contributed by atoms with Crippen molar-refractivity contribution in [1.29, 1.82) is 0 Å². The molecule has 2 saturated heterocycles. The Morgan fingerprint density at radius 1 is 1.16 bits per heavy atom. The third kappa shape index (κ3) is 3.36. The van der Waals surface area contributed by atoms with Gasteiger partial charge in [-0.1, -0.05) is 35.5 Å². The Labute approximate surface area is 179 Å². The fourth-order valence-corrected chi connectivity index (χ4v) is 6.66. The summed E-state index contributed by atoms with van der Waals surface area (Å²) in [5, 5.41) is 6.87. The van der Waals surface area contributed by atoms with E-state index in [1.165, 1.54) is 4.90 Å². The van der Waals surface area contributed by atoms with Crippen molar-refractivity contribution in [3.05, 3.63) is 66.3 Å². The lowest BCUT2D eigenvalue weighted by atomic mass is 9.83. The van der Waals surface area contributed by atoms with Crippen LogP contribution in [0.3, 0.4) is 0 Å². The number of nitrogens with zero attached hydrogens (tertiary/aromatic N) is 4. The molecule has 1 atom stereocenters. The maximum atomic E-state index is 12.9. The molecule has 2 aliphatic rings. The summed E-state index contributed by atoms with van der Waals surface area (Å²) in [4.78, 5) is 22.5. The van der Waals surface area contributed by atoms with Gasteiger partial charge >= 0.3 is 6.03 Å². The summed E-state index contributed by atoms with van der Waals surface area (Å²) < 4.78 is 30.2. The molecule has 2 aromatic heterocycles. The van der Waals surface area contributed by atoms with Crippen LogP contribution in [0.5, 0.6) is 0 Å². The van der Waals surface area contributed by atoms with Gasteiger partial charge in [-0.2, -0.15) is 4.98 Å². The standard InChI is InChI=1S/C21H21N5O4S/c27-20(23-12-15-4-2-1-3-5-15)26-13-21(14-26)17(8-11-31(21,28)29)19-24-18(25-30-19)16-6-9-22-10-7-16/h1-7,9-10,17H,8,11-14H2,(H,23,27). The molecule has 10 heteroatoms. The van der Waals surface area contributed by atoms with Crippen LogP contribution < -0.4 is 5.32 Å². The molecule has 2 fully saturated rings. The van der Waals surface area contributed by atoms with Gasteiger partial charge in [-0.15, -0.1) is 0 Å². The first-order valence-electron chi connectivity index (χ1n) is 10.0. The molecule has 0 aliphatic carbocycles. The highest BCUT2D eigenvalue weighted by Crippen LogP contribution is 2.49. The number of nitrogens with one attached hydrogen (secondary N) is 1. The summed E-state index contributed by atoms with van der Waals surface area (Å²) in [7, 11) is -3.40. The zero-order chi connectivity index (χ0) is 21.5. The van der Waals surface area contributed by atoms with Crippen molar-refractivity contribution in [2.24, 2.45) is 0 Å². The van der Waals surface area contributed by atoms with Crippen molar-refractivity contribution in [3.8, 4) is 11.4 Å². The molecule has 9 nitrogen and oxygen atoms in total. The van der Waals surface area contributed by atoms with Crippen LogP contribution in [-0.2, 0) is 16.4 Å². The number of hydrogen-bond donors (Lipinski definition) is 1. The summed E-state index contributed by atoms with van der Waals surface area (Å²) in [5.74, 6) is 0.314. The first kappa shape index (κ1) is 19.7. The maximum Gasteiger partial charge on any atom is 0.317 e. The van der Waals surface area contributed by atoms with Gasteiger partial charge in [0.05, 0.1) is 11.7 Å². The highest BCUT2D eigenvalue weighted by molar-refractivity contribution is 7.93. The molecule has 0 radical (unpaired) electrons. The quantitative estimate of drug-likeness (QED) is 0.660. The molecule has 1 unspecified atom stereocenters. The molecule has 2 amide bonds. The van der Waals surface area contributed by atoms with Crippen molar-refractivity contribution in [2.45, 2.75) is 23.6 Å². The van der Waals surface area contributed by atoms with E-state index in [1.807, 2.05) is 30.3 Å². The number of rotatable bonds is 4. The van der Waals surface area contributed by atoms with Crippen LogP contribution in [-0.4, -0.2) is 58.1 Å². The van der Waals surface area contributed by atoms with Gasteiger partial charge in [0.15, 0.2) is 9.84 Å². The van der Waals surface area contributed by atoms with E-state index >= 15 is 0 Å². The summed E-state index contributed by atoms with van der Waals surface area (Å²) >= 11 is 0. The average molecular weight is 439 g/mol. The second-order valence-electron chi connectivity index (χ2n) is 7.92. The summed E-state index contributed by atoms with van der Waals surface area (Å²) in [6, 6.07) is 12.8. The van der Waals surface area contributed by atoms with E-state index in [2.05, 4.69) is 20.4 Å². The molecule has 3 aromatic rings. The smallest absolute Gasteiger partial charge is 0.317 e. The molecular weight excluding hydrogens is 418 g/mol. The Morgan fingerprint density at radius 2 is 1.90 bits per heavy atom. The predicted octanol–water partition coefficient (Wildman–Crippen LogP) is 2.00. The number of pyridine rings is 1. The van der Waals surface area contributed by atoms with Gasteiger partial charge in [-0.25, -0.2) is 13.2 Å². The fourth-order valence-electron chi connectivity index (χ4n) is 4.35. The molecule has 2 aliphatic heterocycles. The third-order valence-electron chi connectivity index (χ3n) is 6.10. The SMILES string of the molecule is O=C(NCc1ccccc1)N1CC2(C1)C(c1nc(-c3ccncc3)no1)CCS2(=O)=O. The van der Waals surface area contributed by atoms with Gasteiger partial charge in [0, 0.05) is 37.6 Å². The number of aromatic nitrogens is 3. The molecule has 5 rings (SSSR count).